The zero-order valence-corrected chi connectivity index (χ0v) is 6.23. The lowest BCUT2D eigenvalue weighted by molar-refractivity contribution is 0.591. The summed E-state index contributed by atoms with van der Waals surface area (Å²) in [5.74, 6) is 0. The summed E-state index contributed by atoms with van der Waals surface area (Å²) >= 11 is 0. The van der Waals surface area contributed by atoms with Crippen LogP contribution in [0.5, 0.6) is 0 Å². The molecule has 0 saturated carbocycles. The molecule has 1 heteroatoms. The molecule has 0 aliphatic rings. The van der Waals surface area contributed by atoms with Crippen LogP contribution in [0.25, 0.3) is 0 Å². The minimum atomic E-state index is 0. The first kappa shape index (κ1) is 6.40. The van der Waals surface area contributed by atoms with E-state index in [9.17, 15) is 0 Å². The standard InChI is InChI=1S/C8H13N.H2/c1-8(2,3)7-4-5-9-6-7;/h4-6,9H,1-3H3;1H. The van der Waals surface area contributed by atoms with Crippen LogP contribution >= 0.6 is 0 Å². The van der Waals surface area contributed by atoms with Gasteiger partial charge in [0.15, 0.2) is 0 Å². The molecular weight excluding hydrogens is 110 g/mol. The van der Waals surface area contributed by atoms with Crippen LogP contribution in [0.15, 0.2) is 18.5 Å². The van der Waals surface area contributed by atoms with Crippen molar-refractivity contribution in [3.63, 3.8) is 0 Å². The van der Waals surface area contributed by atoms with Gasteiger partial charge in [-0.25, -0.2) is 0 Å². The van der Waals surface area contributed by atoms with Gasteiger partial charge in [-0.05, 0) is 17.0 Å². The number of aromatic amines is 1. The van der Waals surface area contributed by atoms with E-state index in [1.807, 2.05) is 12.4 Å². The average molecular weight is 125 g/mol. The first-order chi connectivity index (χ1) is 4.11. The van der Waals surface area contributed by atoms with Gasteiger partial charge in [0.2, 0.25) is 0 Å². The summed E-state index contributed by atoms with van der Waals surface area (Å²) in [5, 5.41) is 0. The van der Waals surface area contributed by atoms with E-state index < -0.39 is 0 Å². The topological polar surface area (TPSA) is 15.8 Å². The van der Waals surface area contributed by atoms with Gasteiger partial charge in [0.1, 0.15) is 0 Å². The van der Waals surface area contributed by atoms with Gasteiger partial charge in [-0.2, -0.15) is 0 Å². The summed E-state index contributed by atoms with van der Waals surface area (Å²) in [7, 11) is 0. The van der Waals surface area contributed by atoms with Crippen LogP contribution in [0.2, 0.25) is 0 Å². The third-order valence-corrected chi connectivity index (χ3v) is 1.46. The number of aromatic nitrogens is 1. The Morgan fingerprint density at radius 2 is 2.11 bits per heavy atom. The Labute approximate surface area is 57.6 Å². The molecule has 0 fully saturated rings. The maximum atomic E-state index is 3.04. The lowest BCUT2D eigenvalue weighted by Gasteiger charge is -2.15. The lowest BCUT2D eigenvalue weighted by atomic mass is 9.89. The van der Waals surface area contributed by atoms with Crippen molar-refractivity contribution >= 4 is 0 Å². The van der Waals surface area contributed by atoms with Crippen LogP contribution in [0, 0.1) is 0 Å². The second-order valence-corrected chi connectivity index (χ2v) is 3.35. The van der Waals surface area contributed by atoms with E-state index in [2.05, 4.69) is 31.8 Å². The van der Waals surface area contributed by atoms with Crippen LogP contribution in [-0.2, 0) is 5.41 Å². The molecule has 1 rings (SSSR count). The summed E-state index contributed by atoms with van der Waals surface area (Å²) in [6.07, 6.45) is 4.00. The normalized spacial score (nSPS) is 11.9. The Morgan fingerprint density at radius 1 is 1.44 bits per heavy atom. The molecule has 0 spiro atoms. The quantitative estimate of drug-likeness (QED) is 0.548. The van der Waals surface area contributed by atoms with E-state index in [0.717, 1.165) is 0 Å². The summed E-state index contributed by atoms with van der Waals surface area (Å²) in [5.41, 5.74) is 1.66. The largest absolute Gasteiger partial charge is 0.367 e. The van der Waals surface area contributed by atoms with Crippen LogP contribution in [-0.4, -0.2) is 4.98 Å². The van der Waals surface area contributed by atoms with E-state index >= 15 is 0 Å². The zero-order chi connectivity index (χ0) is 6.91. The highest BCUT2D eigenvalue weighted by molar-refractivity contribution is 5.17. The van der Waals surface area contributed by atoms with Crippen molar-refractivity contribution in [1.29, 1.82) is 0 Å². The van der Waals surface area contributed by atoms with E-state index in [-0.39, 0.29) is 1.43 Å². The van der Waals surface area contributed by atoms with Gasteiger partial charge in [0, 0.05) is 13.8 Å². The Morgan fingerprint density at radius 3 is 2.33 bits per heavy atom. The number of hydrogen-bond donors (Lipinski definition) is 1. The Bertz CT molecular complexity index is 172. The first-order valence-electron chi connectivity index (χ1n) is 3.24. The van der Waals surface area contributed by atoms with E-state index in [1.54, 1.807) is 0 Å². The highest BCUT2D eigenvalue weighted by Crippen LogP contribution is 2.20. The maximum absolute atomic E-state index is 3.04. The molecule has 1 nitrogen and oxygen atoms in total. The van der Waals surface area contributed by atoms with Gasteiger partial charge in [0.05, 0.1) is 0 Å². The third kappa shape index (κ3) is 1.35. The van der Waals surface area contributed by atoms with Gasteiger partial charge in [-0.1, -0.05) is 20.8 Å². The van der Waals surface area contributed by atoms with Gasteiger partial charge < -0.3 is 4.98 Å². The molecule has 0 unspecified atom stereocenters. The van der Waals surface area contributed by atoms with E-state index in [0.29, 0.717) is 5.41 Å². The molecule has 0 aliphatic carbocycles. The second-order valence-electron chi connectivity index (χ2n) is 3.35. The third-order valence-electron chi connectivity index (χ3n) is 1.46. The zero-order valence-electron chi connectivity index (χ0n) is 6.23. The summed E-state index contributed by atoms with van der Waals surface area (Å²) in [6.45, 7) is 6.61. The highest BCUT2D eigenvalue weighted by Gasteiger charge is 2.12. The molecule has 1 N–H and O–H groups in total. The number of hydrogen-bond acceptors (Lipinski definition) is 0. The van der Waals surface area contributed by atoms with E-state index in [1.165, 1.54) is 5.56 Å². The molecule has 0 saturated heterocycles. The fourth-order valence-electron chi connectivity index (χ4n) is 0.790. The van der Waals surface area contributed by atoms with Crippen LogP contribution in [0.1, 0.15) is 27.8 Å². The fourth-order valence-corrected chi connectivity index (χ4v) is 0.790. The number of H-pyrrole nitrogens is 1. The first-order valence-corrected chi connectivity index (χ1v) is 3.24. The van der Waals surface area contributed by atoms with Crippen LogP contribution < -0.4 is 0 Å². The van der Waals surface area contributed by atoms with Crippen molar-refractivity contribution in [3.05, 3.63) is 24.0 Å². The van der Waals surface area contributed by atoms with Gasteiger partial charge >= 0.3 is 0 Å². The molecule has 52 valence electrons. The Hall–Kier alpha value is -0.720. The van der Waals surface area contributed by atoms with Crippen molar-refractivity contribution < 1.29 is 1.43 Å². The van der Waals surface area contributed by atoms with Crippen molar-refractivity contribution in [2.45, 2.75) is 26.2 Å². The average Bonchev–Trinajstić information content (AvgIpc) is 2.08. The number of rotatable bonds is 0. The predicted molar refractivity (Wildman–Crippen MR) is 41.6 cm³/mol. The van der Waals surface area contributed by atoms with E-state index in [4.69, 9.17) is 0 Å². The fraction of sp³-hybridized carbons (Fsp3) is 0.500. The summed E-state index contributed by atoms with van der Waals surface area (Å²) < 4.78 is 0. The molecule has 1 heterocycles. The minimum absolute atomic E-state index is 0. The SMILES string of the molecule is CC(C)(C)c1cc[nH]c1.[HH]. The Balaban J connectivity index is 0.000000810. The molecule has 0 amide bonds. The Kier molecular flexibility index (Phi) is 1.35. The van der Waals surface area contributed by atoms with Gasteiger partial charge in [0.25, 0.3) is 0 Å². The summed E-state index contributed by atoms with van der Waals surface area (Å²) in [4.78, 5) is 3.04. The molecule has 0 bridgehead atoms. The molecule has 0 aliphatic heterocycles. The molecule has 0 atom stereocenters. The van der Waals surface area contributed by atoms with Crippen molar-refractivity contribution in [2.75, 3.05) is 0 Å². The summed E-state index contributed by atoms with van der Waals surface area (Å²) in [6, 6.07) is 2.11. The van der Waals surface area contributed by atoms with Crippen molar-refractivity contribution in [1.82, 2.24) is 4.98 Å². The molecule has 0 radical (unpaired) electrons. The van der Waals surface area contributed by atoms with Crippen LogP contribution in [0.4, 0.5) is 0 Å². The molecule has 9 heavy (non-hydrogen) atoms. The highest BCUT2D eigenvalue weighted by atomic mass is 14.6. The minimum Gasteiger partial charge on any atom is -0.367 e. The van der Waals surface area contributed by atoms with Crippen molar-refractivity contribution in [2.24, 2.45) is 0 Å². The molecule has 1 aromatic heterocycles. The second kappa shape index (κ2) is 1.90. The van der Waals surface area contributed by atoms with Gasteiger partial charge in [-0.3, -0.25) is 0 Å². The molecule has 1 aromatic rings. The predicted octanol–water partition coefficient (Wildman–Crippen LogP) is 2.56. The smallest absolute Gasteiger partial charge is 0.00426 e. The molecular formula is C8H15N. The van der Waals surface area contributed by atoms with Crippen molar-refractivity contribution in [3.8, 4) is 0 Å². The molecule has 0 aromatic carbocycles. The number of nitrogens with one attached hydrogen (secondary N) is 1. The van der Waals surface area contributed by atoms with Crippen LogP contribution in [0.3, 0.4) is 0 Å². The lowest BCUT2D eigenvalue weighted by Crippen LogP contribution is -2.08. The maximum Gasteiger partial charge on any atom is 0.00426 e. The monoisotopic (exact) mass is 125 g/mol. The van der Waals surface area contributed by atoms with Gasteiger partial charge in [-0.15, -0.1) is 0 Å².